The van der Waals surface area contributed by atoms with E-state index < -0.39 is 105 Å². The predicted molar refractivity (Wildman–Crippen MR) is 284 cm³/mol. The summed E-state index contributed by atoms with van der Waals surface area (Å²) in [5.74, 6) is -3.20. The van der Waals surface area contributed by atoms with E-state index in [1.54, 1.807) is 115 Å². The van der Waals surface area contributed by atoms with Crippen LogP contribution < -0.4 is 5.32 Å². The number of benzene rings is 7. The lowest BCUT2D eigenvalue weighted by molar-refractivity contribution is -0.334. The zero-order chi connectivity index (χ0) is 54.8. The number of carbonyl (C=O) groups is 5. The first kappa shape index (κ1) is 55.2. The molecule has 0 saturated carbocycles. The second kappa shape index (κ2) is 27.7. The van der Waals surface area contributed by atoms with Gasteiger partial charge in [0.2, 0.25) is 0 Å². The van der Waals surface area contributed by atoms with E-state index in [2.05, 4.69) is 5.32 Å². The molecule has 1 amide bonds. The second-order valence-corrected chi connectivity index (χ2v) is 18.2. The number of hydrogen-bond donors (Lipinski definition) is 1. The number of rotatable bonds is 21. The largest absolute Gasteiger partial charge is 0.459 e. The highest BCUT2D eigenvalue weighted by Gasteiger charge is 2.55. The normalized spacial score (nSPS) is 22.5. The number of carbonyl (C=O) groups excluding carboxylic acids is 5. The number of anilines is 1. The van der Waals surface area contributed by atoms with Crippen molar-refractivity contribution in [1.82, 2.24) is 0 Å². The number of esters is 4. The summed E-state index contributed by atoms with van der Waals surface area (Å²) >= 11 is 0. The summed E-state index contributed by atoms with van der Waals surface area (Å²) in [5, 5.41) is 2.75. The maximum absolute atomic E-state index is 14.2. The fourth-order valence-corrected chi connectivity index (χ4v) is 8.90. The molecule has 7 aromatic carbocycles. The average molecular weight is 1070 g/mol. The molecule has 0 aliphatic carbocycles. The maximum Gasteiger partial charge on any atom is 0.412 e. The summed E-state index contributed by atoms with van der Waals surface area (Å²) in [4.78, 5) is 70.1. The van der Waals surface area contributed by atoms with Gasteiger partial charge < -0.3 is 52.1 Å². The first-order chi connectivity index (χ1) is 38.7. The molecule has 0 spiro atoms. The molecule has 2 aliphatic heterocycles. The van der Waals surface area contributed by atoms with Crippen molar-refractivity contribution in [3.8, 4) is 0 Å². The molecule has 2 aliphatic rings. The van der Waals surface area contributed by atoms with Crippen molar-refractivity contribution < 1.29 is 76.1 Å². The molecule has 79 heavy (non-hydrogen) atoms. The standard InChI is InChI=1S/C62H57NO16/c1-69-60-55(78-59(67)46-33-19-7-20-34-46)53(77-58(66)45-31-17-6-18-32-45)51(76-57(65)44-29-15-5-16-30-44)49(74-60)40-73-61-54(79-62(68)63-47-35-21-8-22-36-47)52(71-38-42-25-11-3-12-26-42)50(70-37-41-23-9-2-10-24-41)48(75-61)39-72-56(64)43-27-13-4-14-28-43/h2-36,48-55,60-61H,37-40H2,1H3,(H,63,68)/t48-,49-,50-,51-,52+,53+,54-,55-,60+,61-/m1/s1. The van der Waals surface area contributed by atoms with Gasteiger partial charge >= 0.3 is 30.0 Å². The van der Waals surface area contributed by atoms with Crippen LogP contribution in [0.1, 0.15) is 52.6 Å². The third kappa shape index (κ3) is 14.9. The highest BCUT2D eigenvalue weighted by Crippen LogP contribution is 2.35. The van der Waals surface area contributed by atoms with Crippen LogP contribution >= 0.6 is 0 Å². The first-order valence-corrected chi connectivity index (χ1v) is 25.5. The van der Waals surface area contributed by atoms with Gasteiger partial charge in [0.05, 0.1) is 42.1 Å². The van der Waals surface area contributed by atoms with E-state index in [0.717, 1.165) is 11.1 Å². The van der Waals surface area contributed by atoms with Crippen LogP contribution in [-0.4, -0.2) is 112 Å². The van der Waals surface area contributed by atoms with Crippen molar-refractivity contribution >= 4 is 35.7 Å². The molecule has 0 aromatic heterocycles. The molecule has 0 unspecified atom stereocenters. The first-order valence-electron chi connectivity index (χ1n) is 25.5. The predicted octanol–water partition coefficient (Wildman–Crippen LogP) is 9.42. The van der Waals surface area contributed by atoms with E-state index >= 15 is 0 Å². The van der Waals surface area contributed by atoms with Gasteiger partial charge in [-0.15, -0.1) is 0 Å². The Bertz CT molecular complexity index is 3030. The van der Waals surface area contributed by atoms with Crippen LogP contribution in [0.4, 0.5) is 10.5 Å². The Labute approximate surface area is 456 Å². The molecule has 2 heterocycles. The molecule has 10 atom stereocenters. The van der Waals surface area contributed by atoms with Crippen LogP contribution in [0.2, 0.25) is 0 Å². The topological polar surface area (TPSA) is 199 Å². The van der Waals surface area contributed by atoms with E-state index in [0.29, 0.717) is 5.69 Å². The number of hydrogen-bond acceptors (Lipinski definition) is 16. The summed E-state index contributed by atoms with van der Waals surface area (Å²) in [6.45, 7) is -0.972. The Kier molecular flexibility index (Phi) is 19.3. The Morgan fingerprint density at radius 3 is 1.24 bits per heavy atom. The van der Waals surface area contributed by atoms with Crippen LogP contribution in [0.3, 0.4) is 0 Å². The van der Waals surface area contributed by atoms with Gasteiger partial charge in [0, 0.05) is 12.8 Å². The lowest BCUT2D eigenvalue weighted by Crippen LogP contribution is -2.64. The van der Waals surface area contributed by atoms with Crippen LogP contribution in [0.5, 0.6) is 0 Å². The van der Waals surface area contributed by atoms with Crippen LogP contribution in [0.15, 0.2) is 212 Å². The molecule has 17 nitrogen and oxygen atoms in total. The summed E-state index contributed by atoms with van der Waals surface area (Å²) in [6.07, 6.45) is -15.2. The Hall–Kier alpha value is -8.55. The van der Waals surface area contributed by atoms with Gasteiger partial charge in [0.25, 0.3) is 0 Å². The van der Waals surface area contributed by atoms with Crippen molar-refractivity contribution in [2.45, 2.75) is 74.6 Å². The summed E-state index contributed by atoms with van der Waals surface area (Å²) < 4.78 is 70.1. The van der Waals surface area contributed by atoms with E-state index in [1.165, 1.54) is 43.5 Å². The molecule has 0 radical (unpaired) electrons. The van der Waals surface area contributed by atoms with E-state index in [1.807, 2.05) is 60.7 Å². The van der Waals surface area contributed by atoms with Gasteiger partial charge in [-0.05, 0) is 71.8 Å². The second-order valence-electron chi connectivity index (χ2n) is 18.2. The lowest BCUT2D eigenvalue weighted by atomic mass is 9.96. The highest BCUT2D eigenvalue weighted by atomic mass is 16.8. The SMILES string of the molecule is CO[C@H]1O[C@H](CO[C@@H]2O[C@H](COC(=O)c3ccccc3)[C@@H](OCc3ccccc3)[C@H](OCc3ccccc3)[C@H]2OC(=O)Nc2ccccc2)[C@@H](OC(=O)c2ccccc2)[C@H](OC(=O)c2ccccc2)[C@H]1OC(=O)c1ccccc1. The highest BCUT2D eigenvalue weighted by molar-refractivity contribution is 5.91. The summed E-state index contributed by atoms with van der Waals surface area (Å²) in [5.41, 5.74) is 2.65. The number of para-hydroxylation sites is 1. The smallest absolute Gasteiger partial charge is 0.412 e. The van der Waals surface area contributed by atoms with E-state index in [9.17, 15) is 24.0 Å². The Balaban J connectivity index is 1.10. The van der Waals surface area contributed by atoms with Gasteiger partial charge in [-0.3, -0.25) is 5.32 Å². The van der Waals surface area contributed by atoms with Crippen molar-refractivity contribution in [2.24, 2.45) is 0 Å². The van der Waals surface area contributed by atoms with E-state index in [-0.39, 0.29) is 35.5 Å². The van der Waals surface area contributed by atoms with Crippen molar-refractivity contribution in [2.75, 3.05) is 25.6 Å². The van der Waals surface area contributed by atoms with Crippen LogP contribution in [0.25, 0.3) is 0 Å². The van der Waals surface area contributed by atoms with Gasteiger partial charge in [-0.1, -0.05) is 152 Å². The number of nitrogens with one attached hydrogen (secondary N) is 1. The third-order valence-corrected chi connectivity index (χ3v) is 12.8. The molecule has 9 rings (SSSR count). The average Bonchev–Trinajstić information content (AvgIpc) is 3.52. The number of methoxy groups -OCH3 is 1. The monoisotopic (exact) mass is 1070 g/mol. The van der Waals surface area contributed by atoms with Gasteiger partial charge in [0.1, 0.15) is 31.0 Å². The van der Waals surface area contributed by atoms with Gasteiger partial charge in [0.15, 0.2) is 37.0 Å². The Morgan fingerprint density at radius 2 is 0.759 bits per heavy atom. The Morgan fingerprint density at radius 1 is 0.380 bits per heavy atom. The molecule has 406 valence electrons. The van der Waals surface area contributed by atoms with Crippen LogP contribution in [0, 0.1) is 0 Å². The van der Waals surface area contributed by atoms with Crippen molar-refractivity contribution in [3.05, 3.63) is 246 Å². The van der Waals surface area contributed by atoms with Crippen molar-refractivity contribution in [3.63, 3.8) is 0 Å². The maximum atomic E-state index is 14.2. The third-order valence-electron chi connectivity index (χ3n) is 12.8. The molecule has 1 N–H and O–H groups in total. The van der Waals surface area contributed by atoms with Gasteiger partial charge in [-0.25, -0.2) is 24.0 Å². The minimum Gasteiger partial charge on any atom is -0.459 e. The van der Waals surface area contributed by atoms with Gasteiger partial charge in [-0.2, -0.15) is 0 Å². The fraction of sp³-hybridized carbons (Fsp3) is 0.242. The molecular formula is C62H57NO16. The lowest BCUT2D eigenvalue weighted by Gasteiger charge is -2.47. The number of amides is 1. The van der Waals surface area contributed by atoms with E-state index in [4.69, 9.17) is 52.1 Å². The molecule has 0 bridgehead atoms. The fourth-order valence-electron chi connectivity index (χ4n) is 8.90. The van der Waals surface area contributed by atoms with Crippen LogP contribution in [-0.2, 0) is 65.3 Å². The molecule has 2 fully saturated rings. The molecule has 17 heteroatoms. The zero-order valence-electron chi connectivity index (χ0n) is 42.8. The number of ether oxygens (including phenoxy) is 11. The molecule has 7 aromatic rings. The van der Waals surface area contributed by atoms with Crippen molar-refractivity contribution in [1.29, 1.82) is 0 Å². The molecular weight excluding hydrogens is 1010 g/mol. The molecule has 2 saturated heterocycles. The minimum absolute atomic E-state index is 0.0174. The zero-order valence-corrected chi connectivity index (χ0v) is 42.8. The summed E-state index contributed by atoms with van der Waals surface area (Å²) in [6, 6.07) is 59.8. The summed E-state index contributed by atoms with van der Waals surface area (Å²) in [7, 11) is 1.30. The quantitative estimate of drug-likeness (QED) is 0.0527. The minimum atomic E-state index is -1.63.